The molecule has 0 radical (unpaired) electrons. The summed E-state index contributed by atoms with van der Waals surface area (Å²) in [6, 6.07) is 12.1. The number of aromatic nitrogens is 1. The molecule has 1 fully saturated rings. The molecule has 1 saturated heterocycles. The summed E-state index contributed by atoms with van der Waals surface area (Å²) in [5.41, 5.74) is 1.03. The summed E-state index contributed by atoms with van der Waals surface area (Å²) >= 11 is 0. The molecular formula is C29H40N4O4. The van der Waals surface area contributed by atoms with Crippen molar-refractivity contribution < 1.29 is 19.0 Å². The van der Waals surface area contributed by atoms with Gasteiger partial charge in [0.15, 0.2) is 0 Å². The fourth-order valence-corrected chi connectivity index (χ4v) is 4.50. The lowest BCUT2D eigenvalue weighted by atomic mass is 9.91. The number of hydrogen-bond donors (Lipinski definition) is 2. The Kier molecular flexibility index (Phi) is 9.39. The first kappa shape index (κ1) is 28.3. The van der Waals surface area contributed by atoms with Crippen LogP contribution in [0.15, 0.2) is 36.5 Å². The average Bonchev–Trinajstić information content (AvgIpc) is 2.81. The second-order valence-corrected chi connectivity index (χ2v) is 11.4. The number of nitrogens with one attached hydrogen (secondary N) is 2. The first-order valence-corrected chi connectivity index (χ1v) is 13.0. The van der Waals surface area contributed by atoms with Gasteiger partial charge in [0.25, 0.3) is 0 Å². The van der Waals surface area contributed by atoms with Crippen LogP contribution in [0, 0.1) is 17.2 Å². The average molecular weight is 509 g/mol. The molecule has 0 bridgehead atoms. The van der Waals surface area contributed by atoms with Crippen molar-refractivity contribution in [3.8, 4) is 22.9 Å². The predicted molar refractivity (Wildman–Crippen MR) is 145 cm³/mol. The topological polar surface area (TPSA) is 105 Å². The maximum absolute atomic E-state index is 12.5. The largest absolute Gasteiger partial charge is 0.490 e. The van der Waals surface area contributed by atoms with Gasteiger partial charge >= 0.3 is 6.09 Å². The minimum atomic E-state index is -0.669. The van der Waals surface area contributed by atoms with Gasteiger partial charge in [0.1, 0.15) is 29.8 Å². The third-order valence-electron chi connectivity index (χ3n) is 5.97. The minimum Gasteiger partial charge on any atom is -0.490 e. The number of ether oxygens (including phenoxy) is 3. The molecule has 3 rings (SSSR count). The monoisotopic (exact) mass is 508 g/mol. The first-order valence-electron chi connectivity index (χ1n) is 13.0. The van der Waals surface area contributed by atoms with E-state index < -0.39 is 17.2 Å². The molecule has 0 saturated carbocycles. The number of alkyl carbamates (subject to hydrolysis) is 1. The quantitative estimate of drug-likeness (QED) is 0.433. The highest BCUT2D eigenvalue weighted by Crippen LogP contribution is 2.29. The molecule has 1 aromatic carbocycles. The fourth-order valence-electron chi connectivity index (χ4n) is 4.50. The van der Waals surface area contributed by atoms with Crippen LogP contribution in [-0.2, 0) is 9.47 Å². The van der Waals surface area contributed by atoms with Crippen LogP contribution >= 0.6 is 0 Å². The molecule has 37 heavy (non-hydrogen) atoms. The number of benzene rings is 1. The van der Waals surface area contributed by atoms with E-state index in [4.69, 9.17) is 14.2 Å². The molecule has 1 aliphatic heterocycles. The Morgan fingerprint density at radius 3 is 2.51 bits per heavy atom. The van der Waals surface area contributed by atoms with E-state index in [2.05, 4.69) is 35.5 Å². The molecule has 200 valence electrons. The second-order valence-electron chi connectivity index (χ2n) is 11.4. The van der Waals surface area contributed by atoms with Crippen molar-refractivity contribution in [2.45, 2.75) is 78.0 Å². The van der Waals surface area contributed by atoms with E-state index in [1.54, 1.807) is 6.20 Å². The normalized spacial score (nSPS) is 15.9. The summed E-state index contributed by atoms with van der Waals surface area (Å²) < 4.78 is 17.0. The molecule has 2 heterocycles. The Bertz CT molecular complexity index is 1100. The van der Waals surface area contributed by atoms with Crippen molar-refractivity contribution in [1.29, 1.82) is 5.26 Å². The van der Waals surface area contributed by atoms with Crippen LogP contribution in [0.1, 0.15) is 66.4 Å². The molecule has 8 nitrogen and oxygen atoms in total. The highest BCUT2D eigenvalue weighted by atomic mass is 16.6. The van der Waals surface area contributed by atoms with Gasteiger partial charge in [-0.25, -0.2) is 9.78 Å². The molecule has 1 aliphatic rings. The van der Waals surface area contributed by atoms with Gasteiger partial charge in [-0.05, 0) is 88.3 Å². The van der Waals surface area contributed by atoms with E-state index in [9.17, 15) is 10.1 Å². The number of carbonyl (C=O) groups excluding carboxylic acids is 1. The van der Waals surface area contributed by atoms with Crippen LogP contribution in [-0.4, -0.2) is 48.1 Å². The van der Waals surface area contributed by atoms with E-state index in [1.807, 2.05) is 58.0 Å². The van der Waals surface area contributed by atoms with Gasteiger partial charge < -0.3 is 24.8 Å². The summed E-state index contributed by atoms with van der Waals surface area (Å²) in [5, 5.41) is 16.3. The highest BCUT2D eigenvalue weighted by Gasteiger charge is 2.31. The SMILES string of the molecule is CC(C)C[C@@](C)(COc1ccc(-c2ccnc(NC3CCOCC3)c2)cc1C#N)NC(=O)OC(C)(C)C. The van der Waals surface area contributed by atoms with Crippen molar-refractivity contribution in [2.24, 2.45) is 5.92 Å². The second kappa shape index (κ2) is 12.3. The number of hydrogen-bond acceptors (Lipinski definition) is 7. The van der Waals surface area contributed by atoms with Crippen LogP contribution in [0.5, 0.6) is 5.75 Å². The summed E-state index contributed by atoms with van der Waals surface area (Å²) in [6.45, 7) is 13.3. The van der Waals surface area contributed by atoms with E-state index in [0.717, 1.165) is 43.0 Å². The van der Waals surface area contributed by atoms with Crippen molar-refractivity contribution in [3.05, 3.63) is 42.1 Å². The molecular weight excluding hydrogens is 468 g/mol. The minimum absolute atomic E-state index is 0.201. The van der Waals surface area contributed by atoms with Crippen LogP contribution in [0.25, 0.3) is 11.1 Å². The third-order valence-corrected chi connectivity index (χ3v) is 5.97. The van der Waals surface area contributed by atoms with E-state index in [-0.39, 0.29) is 6.61 Å². The zero-order valence-electron chi connectivity index (χ0n) is 22.9. The maximum atomic E-state index is 12.5. The molecule has 0 unspecified atom stereocenters. The Hall–Kier alpha value is -3.31. The molecule has 1 aromatic heterocycles. The highest BCUT2D eigenvalue weighted by molar-refractivity contribution is 5.70. The van der Waals surface area contributed by atoms with Gasteiger partial charge in [-0.15, -0.1) is 0 Å². The predicted octanol–water partition coefficient (Wildman–Crippen LogP) is 5.92. The summed E-state index contributed by atoms with van der Waals surface area (Å²) in [4.78, 5) is 16.9. The zero-order valence-corrected chi connectivity index (χ0v) is 22.9. The lowest BCUT2D eigenvalue weighted by Crippen LogP contribution is -2.52. The molecule has 0 spiro atoms. The lowest BCUT2D eigenvalue weighted by molar-refractivity contribution is 0.0408. The van der Waals surface area contributed by atoms with Gasteiger partial charge in [-0.2, -0.15) is 5.26 Å². The van der Waals surface area contributed by atoms with Gasteiger partial charge in [0.05, 0.1) is 11.1 Å². The molecule has 8 heteroatoms. The number of nitrogens with zero attached hydrogens (tertiary/aromatic N) is 2. The first-order chi connectivity index (χ1) is 17.5. The summed E-state index contributed by atoms with van der Waals surface area (Å²) in [6.07, 6.45) is 3.88. The molecule has 1 atom stereocenters. The van der Waals surface area contributed by atoms with E-state index in [1.165, 1.54) is 0 Å². The molecule has 2 aromatic rings. The maximum Gasteiger partial charge on any atom is 0.408 e. The Morgan fingerprint density at radius 2 is 1.86 bits per heavy atom. The standard InChI is InChI=1S/C29H40N4O4/c1-20(2)17-29(6,33-27(34)37-28(3,4)5)19-36-25-8-7-21(15-23(25)18-30)22-9-12-31-26(16-22)32-24-10-13-35-14-11-24/h7-9,12,15-16,20,24H,10-11,13-14,17,19H2,1-6H3,(H,31,32)(H,33,34)/t29-/m0/s1. The Labute approximate surface area is 220 Å². The van der Waals surface area contributed by atoms with Crippen molar-refractivity contribution in [2.75, 3.05) is 25.1 Å². The number of anilines is 1. The van der Waals surface area contributed by atoms with Crippen LogP contribution in [0.4, 0.5) is 10.6 Å². The van der Waals surface area contributed by atoms with Crippen molar-refractivity contribution >= 4 is 11.9 Å². The third kappa shape index (κ3) is 8.94. The fraction of sp³-hybridized carbons (Fsp3) is 0.552. The van der Waals surface area contributed by atoms with Crippen LogP contribution in [0.3, 0.4) is 0 Å². The van der Waals surface area contributed by atoms with Crippen molar-refractivity contribution in [1.82, 2.24) is 10.3 Å². The van der Waals surface area contributed by atoms with Gasteiger partial charge in [-0.3, -0.25) is 0 Å². The summed E-state index contributed by atoms with van der Waals surface area (Å²) in [7, 11) is 0. The summed E-state index contributed by atoms with van der Waals surface area (Å²) in [5.74, 6) is 1.60. The molecule has 1 amide bonds. The lowest BCUT2D eigenvalue weighted by Gasteiger charge is -2.33. The van der Waals surface area contributed by atoms with E-state index in [0.29, 0.717) is 29.7 Å². The van der Waals surface area contributed by atoms with Crippen LogP contribution < -0.4 is 15.4 Å². The smallest absolute Gasteiger partial charge is 0.408 e. The number of carbonyl (C=O) groups is 1. The van der Waals surface area contributed by atoms with Crippen molar-refractivity contribution in [3.63, 3.8) is 0 Å². The number of pyridine rings is 1. The molecule has 0 aliphatic carbocycles. The Balaban J connectivity index is 1.73. The van der Waals surface area contributed by atoms with Gasteiger partial charge in [0.2, 0.25) is 0 Å². The van der Waals surface area contributed by atoms with Gasteiger partial charge in [0, 0.05) is 25.5 Å². The number of amides is 1. The van der Waals surface area contributed by atoms with Gasteiger partial charge in [-0.1, -0.05) is 19.9 Å². The van der Waals surface area contributed by atoms with Crippen LogP contribution in [0.2, 0.25) is 0 Å². The zero-order chi connectivity index (χ0) is 27.1. The van der Waals surface area contributed by atoms with E-state index >= 15 is 0 Å². The molecule has 2 N–H and O–H groups in total. The number of rotatable bonds is 9. The number of nitriles is 1. The Morgan fingerprint density at radius 1 is 1.16 bits per heavy atom.